The summed E-state index contributed by atoms with van der Waals surface area (Å²) < 4.78 is 15.7. The van der Waals surface area contributed by atoms with Crippen LogP contribution in [0.4, 0.5) is 0 Å². The number of likely N-dealkylation sites (N-methyl/N-ethyl adjacent to an activating group) is 1. The van der Waals surface area contributed by atoms with Crippen molar-refractivity contribution in [1.82, 2.24) is 9.80 Å². The molecule has 7 nitrogen and oxygen atoms in total. The van der Waals surface area contributed by atoms with E-state index in [0.29, 0.717) is 37.2 Å². The van der Waals surface area contributed by atoms with Gasteiger partial charge in [0.05, 0.1) is 33.7 Å². The highest BCUT2D eigenvalue weighted by Crippen LogP contribution is 2.26. The van der Waals surface area contributed by atoms with E-state index in [9.17, 15) is 9.59 Å². The lowest BCUT2D eigenvalue weighted by Gasteiger charge is -2.30. The van der Waals surface area contributed by atoms with Crippen molar-refractivity contribution in [3.8, 4) is 11.5 Å². The summed E-state index contributed by atoms with van der Waals surface area (Å²) in [7, 11) is 3.18. The largest absolute Gasteiger partial charge is 0.497 e. The first kappa shape index (κ1) is 23.0. The van der Waals surface area contributed by atoms with Gasteiger partial charge in [-0.05, 0) is 38.9 Å². The number of hydrogen-bond acceptors (Lipinski definition) is 6. The number of benzene rings is 1. The minimum Gasteiger partial charge on any atom is -0.497 e. The Balaban J connectivity index is 2.11. The minimum atomic E-state index is -0.272. The Morgan fingerprint density at radius 3 is 2.66 bits per heavy atom. The zero-order chi connectivity index (χ0) is 21.2. The maximum Gasteiger partial charge on any atom is 0.307 e. The summed E-state index contributed by atoms with van der Waals surface area (Å²) in [6.45, 7) is 7.31. The molecule has 1 heterocycles. The summed E-state index contributed by atoms with van der Waals surface area (Å²) in [4.78, 5) is 29.2. The second-order valence-corrected chi connectivity index (χ2v) is 7.17. The average molecular weight is 407 g/mol. The van der Waals surface area contributed by atoms with Crippen molar-refractivity contribution in [2.45, 2.75) is 45.6 Å². The van der Waals surface area contributed by atoms with E-state index in [4.69, 9.17) is 14.2 Å². The van der Waals surface area contributed by atoms with Gasteiger partial charge in [-0.3, -0.25) is 14.5 Å². The molecule has 29 heavy (non-hydrogen) atoms. The van der Waals surface area contributed by atoms with Crippen molar-refractivity contribution in [3.63, 3.8) is 0 Å². The first-order chi connectivity index (χ1) is 14.0. The molecular formula is C22H34N2O5. The van der Waals surface area contributed by atoms with E-state index in [0.717, 1.165) is 31.5 Å². The monoisotopic (exact) mass is 406 g/mol. The maximum atomic E-state index is 13.2. The highest BCUT2D eigenvalue weighted by Gasteiger charge is 2.28. The topological polar surface area (TPSA) is 68.3 Å². The minimum absolute atomic E-state index is 0.0132. The standard InChI is InChI=1S/C22H34N2O5/c1-5-23-12-7-8-18(23)16-24(13-11-22(26)29-6-2)21(25)14-17-9-10-19(27-3)15-20(17)28-4/h9-10,15,18H,5-8,11-14,16H2,1-4H3. The summed E-state index contributed by atoms with van der Waals surface area (Å²) in [6, 6.07) is 5.79. The van der Waals surface area contributed by atoms with Crippen LogP contribution in [0.2, 0.25) is 0 Å². The molecular weight excluding hydrogens is 372 g/mol. The van der Waals surface area contributed by atoms with Crippen LogP contribution in [0.15, 0.2) is 18.2 Å². The summed E-state index contributed by atoms with van der Waals surface area (Å²) >= 11 is 0. The van der Waals surface area contributed by atoms with Crippen LogP contribution in [0.5, 0.6) is 11.5 Å². The number of esters is 1. The third kappa shape index (κ3) is 6.63. The first-order valence-electron chi connectivity index (χ1n) is 10.4. The zero-order valence-corrected chi connectivity index (χ0v) is 18.1. The third-order valence-corrected chi connectivity index (χ3v) is 5.42. The van der Waals surface area contributed by atoms with Gasteiger partial charge >= 0.3 is 5.97 Å². The molecule has 0 bridgehead atoms. The number of ether oxygens (including phenoxy) is 3. The van der Waals surface area contributed by atoms with Crippen molar-refractivity contribution in [1.29, 1.82) is 0 Å². The Morgan fingerprint density at radius 1 is 1.21 bits per heavy atom. The SMILES string of the molecule is CCOC(=O)CCN(CC1CCCN1CC)C(=O)Cc1ccc(OC)cc1OC. The molecule has 1 fully saturated rings. The number of amides is 1. The molecule has 7 heteroatoms. The lowest BCUT2D eigenvalue weighted by Crippen LogP contribution is -2.44. The van der Waals surface area contributed by atoms with Gasteiger partial charge < -0.3 is 19.1 Å². The molecule has 2 rings (SSSR count). The second-order valence-electron chi connectivity index (χ2n) is 7.17. The smallest absolute Gasteiger partial charge is 0.307 e. The predicted molar refractivity (Wildman–Crippen MR) is 111 cm³/mol. The maximum absolute atomic E-state index is 13.2. The van der Waals surface area contributed by atoms with Crippen LogP contribution in [0.3, 0.4) is 0 Å². The number of likely N-dealkylation sites (tertiary alicyclic amines) is 1. The Labute approximate surface area is 173 Å². The van der Waals surface area contributed by atoms with E-state index >= 15 is 0 Å². The Bertz CT molecular complexity index is 679. The molecule has 0 aromatic heterocycles. The van der Waals surface area contributed by atoms with E-state index in [-0.39, 0.29) is 24.7 Å². The van der Waals surface area contributed by atoms with Crippen LogP contribution in [-0.4, -0.2) is 74.7 Å². The van der Waals surface area contributed by atoms with Crippen LogP contribution in [0.25, 0.3) is 0 Å². The molecule has 1 aromatic rings. The van der Waals surface area contributed by atoms with Gasteiger partial charge in [-0.2, -0.15) is 0 Å². The number of rotatable bonds is 11. The second kappa shape index (κ2) is 11.7. The van der Waals surface area contributed by atoms with Gasteiger partial charge in [0, 0.05) is 30.8 Å². The Kier molecular flexibility index (Phi) is 9.25. The number of methoxy groups -OCH3 is 2. The van der Waals surface area contributed by atoms with Crippen LogP contribution in [-0.2, 0) is 20.7 Å². The van der Waals surface area contributed by atoms with E-state index < -0.39 is 0 Å². The first-order valence-corrected chi connectivity index (χ1v) is 10.4. The molecule has 1 amide bonds. The normalized spacial score (nSPS) is 16.5. The molecule has 1 saturated heterocycles. The molecule has 1 aromatic carbocycles. The molecule has 0 saturated carbocycles. The van der Waals surface area contributed by atoms with Crippen LogP contribution >= 0.6 is 0 Å². The Hall–Kier alpha value is -2.28. The number of nitrogens with zero attached hydrogens (tertiary/aromatic N) is 2. The van der Waals surface area contributed by atoms with Crippen LogP contribution in [0, 0.1) is 0 Å². The highest BCUT2D eigenvalue weighted by molar-refractivity contribution is 5.80. The summed E-state index contributed by atoms with van der Waals surface area (Å²) in [5.41, 5.74) is 0.804. The third-order valence-electron chi connectivity index (χ3n) is 5.42. The van der Waals surface area contributed by atoms with Gasteiger partial charge in [0.1, 0.15) is 11.5 Å². The van der Waals surface area contributed by atoms with Crippen molar-refractivity contribution in [2.24, 2.45) is 0 Å². The summed E-state index contributed by atoms with van der Waals surface area (Å²) in [6.07, 6.45) is 2.64. The van der Waals surface area contributed by atoms with Gasteiger partial charge in [-0.1, -0.05) is 13.0 Å². The molecule has 0 radical (unpaired) electrons. The molecule has 1 aliphatic rings. The lowest BCUT2D eigenvalue weighted by molar-refractivity contribution is -0.144. The molecule has 1 aliphatic heterocycles. The molecule has 0 N–H and O–H groups in total. The van der Waals surface area contributed by atoms with Crippen molar-refractivity contribution in [3.05, 3.63) is 23.8 Å². The number of carbonyl (C=O) groups excluding carboxylic acids is 2. The molecule has 1 atom stereocenters. The fourth-order valence-corrected chi connectivity index (χ4v) is 3.82. The van der Waals surface area contributed by atoms with Gasteiger partial charge in [0.15, 0.2) is 0 Å². The van der Waals surface area contributed by atoms with Crippen molar-refractivity contribution >= 4 is 11.9 Å². The quantitative estimate of drug-likeness (QED) is 0.526. The number of hydrogen-bond donors (Lipinski definition) is 0. The van der Waals surface area contributed by atoms with E-state index in [1.807, 2.05) is 12.1 Å². The van der Waals surface area contributed by atoms with Crippen LogP contribution in [0.1, 0.15) is 38.7 Å². The van der Waals surface area contributed by atoms with E-state index in [1.165, 1.54) is 0 Å². The van der Waals surface area contributed by atoms with Crippen molar-refractivity contribution < 1.29 is 23.8 Å². The van der Waals surface area contributed by atoms with E-state index in [2.05, 4.69) is 11.8 Å². The Morgan fingerprint density at radius 2 is 2.00 bits per heavy atom. The molecule has 1 unspecified atom stereocenters. The number of carbonyl (C=O) groups is 2. The summed E-state index contributed by atoms with van der Waals surface area (Å²) in [5.74, 6) is 1.02. The zero-order valence-electron chi connectivity index (χ0n) is 18.1. The fourth-order valence-electron chi connectivity index (χ4n) is 3.82. The van der Waals surface area contributed by atoms with Gasteiger partial charge in [-0.15, -0.1) is 0 Å². The van der Waals surface area contributed by atoms with Gasteiger partial charge in [-0.25, -0.2) is 0 Å². The van der Waals surface area contributed by atoms with Crippen molar-refractivity contribution in [2.75, 3.05) is 47.0 Å². The highest BCUT2D eigenvalue weighted by atomic mass is 16.5. The molecule has 162 valence electrons. The summed E-state index contributed by atoms with van der Waals surface area (Å²) in [5, 5.41) is 0. The van der Waals surface area contributed by atoms with E-state index in [1.54, 1.807) is 32.1 Å². The predicted octanol–water partition coefficient (Wildman–Crippen LogP) is 2.51. The van der Waals surface area contributed by atoms with Crippen LogP contribution < -0.4 is 9.47 Å². The lowest BCUT2D eigenvalue weighted by atomic mass is 10.1. The molecule has 0 aliphatic carbocycles. The van der Waals surface area contributed by atoms with Gasteiger partial charge in [0.25, 0.3) is 0 Å². The molecule has 0 spiro atoms. The average Bonchev–Trinajstić information content (AvgIpc) is 3.18. The van der Waals surface area contributed by atoms with Gasteiger partial charge in [0.2, 0.25) is 5.91 Å². The fraction of sp³-hybridized carbons (Fsp3) is 0.636.